The molecule has 98 valence electrons. The lowest BCUT2D eigenvalue weighted by molar-refractivity contribution is 0.103. The summed E-state index contributed by atoms with van der Waals surface area (Å²) in [6.45, 7) is 0. The molecule has 3 nitrogen and oxygen atoms in total. The fourth-order valence-electron chi connectivity index (χ4n) is 1.78. The van der Waals surface area contributed by atoms with Crippen LogP contribution in [0.25, 0.3) is 0 Å². The van der Waals surface area contributed by atoms with Crippen LogP contribution in [0.4, 0.5) is 0 Å². The number of carbonyl (C=O) groups is 1. The highest BCUT2D eigenvalue weighted by molar-refractivity contribution is 6.35. The predicted octanol–water partition coefficient (Wildman–Crippen LogP) is 3.59. The van der Waals surface area contributed by atoms with Crippen LogP contribution in [0.5, 0.6) is 11.5 Å². The lowest BCUT2D eigenvalue weighted by Gasteiger charge is -2.10. The summed E-state index contributed by atoms with van der Waals surface area (Å²) >= 11 is 6.04. The monoisotopic (exact) mass is 276 g/mol. The van der Waals surface area contributed by atoms with Crippen molar-refractivity contribution in [1.29, 1.82) is 0 Å². The SMILES string of the molecule is COc1ccc(C(=O)c2ccccc2Cl)c(OC)c1. The van der Waals surface area contributed by atoms with E-state index in [2.05, 4.69) is 0 Å². The number of ether oxygens (including phenoxy) is 2. The number of rotatable bonds is 4. The Balaban J connectivity index is 2.47. The average Bonchev–Trinajstić information content (AvgIpc) is 2.46. The predicted molar refractivity (Wildman–Crippen MR) is 74.4 cm³/mol. The zero-order chi connectivity index (χ0) is 13.8. The summed E-state index contributed by atoms with van der Waals surface area (Å²) in [4.78, 5) is 12.4. The molecule has 0 aromatic heterocycles. The summed E-state index contributed by atoms with van der Waals surface area (Å²) in [5.41, 5.74) is 0.907. The molecular weight excluding hydrogens is 264 g/mol. The van der Waals surface area contributed by atoms with Crippen molar-refractivity contribution in [3.8, 4) is 11.5 Å². The third-order valence-corrected chi connectivity index (χ3v) is 3.10. The minimum absolute atomic E-state index is 0.176. The molecule has 4 heteroatoms. The third kappa shape index (κ3) is 2.71. The molecule has 2 aromatic carbocycles. The molecule has 2 aromatic rings. The summed E-state index contributed by atoms with van der Waals surface area (Å²) in [6.07, 6.45) is 0. The van der Waals surface area contributed by atoms with E-state index in [-0.39, 0.29) is 5.78 Å². The number of methoxy groups -OCH3 is 2. The number of ketones is 1. The molecule has 0 radical (unpaired) electrons. The van der Waals surface area contributed by atoms with Gasteiger partial charge in [-0.25, -0.2) is 0 Å². The number of carbonyl (C=O) groups excluding carboxylic acids is 1. The number of halogens is 1. The summed E-state index contributed by atoms with van der Waals surface area (Å²) in [6, 6.07) is 12.0. The molecule has 0 saturated carbocycles. The Bertz CT molecular complexity index is 608. The molecule has 0 bridgehead atoms. The van der Waals surface area contributed by atoms with Crippen molar-refractivity contribution in [3.05, 3.63) is 58.6 Å². The largest absolute Gasteiger partial charge is 0.497 e. The summed E-state index contributed by atoms with van der Waals surface area (Å²) in [7, 11) is 3.07. The van der Waals surface area contributed by atoms with Crippen molar-refractivity contribution < 1.29 is 14.3 Å². The third-order valence-electron chi connectivity index (χ3n) is 2.77. The zero-order valence-corrected chi connectivity index (χ0v) is 11.4. The van der Waals surface area contributed by atoms with Crippen LogP contribution < -0.4 is 9.47 Å². The Morgan fingerprint density at radius 1 is 1.00 bits per heavy atom. The minimum atomic E-state index is -0.176. The van der Waals surface area contributed by atoms with Gasteiger partial charge < -0.3 is 9.47 Å². The first-order valence-corrected chi connectivity index (χ1v) is 6.06. The second-order valence-corrected chi connectivity index (χ2v) is 4.28. The minimum Gasteiger partial charge on any atom is -0.497 e. The van der Waals surface area contributed by atoms with Crippen molar-refractivity contribution >= 4 is 17.4 Å². The van der Waals surface area contributed by atoms with E-state index in [0.717, 1.165) is 0 Å². The molecule has 0 aliphatic heterocycles. The van der Waals surface area contributed by atoms with Crippen molar-refractivity contribution in [2.75, 3.05) is 14.2 Å². The normalized spacial score (nSPS) is 10.1. The molecule has 2 rings (SSSR count). The van der Waals surface area contributed by atoms with Gasteiger partial charge in [0.25, 0.3) is 0 Å². The molecule has 0 aliphatic carbocycles. The van der Waals surface area contributed by atoms with Crippen LogP contribution in [0.2, 0.25) is 5.02 Å². The van der Waals surface area contributed by atoms with Crippen molar-refractivity contribution in [2.24, 2.45) is 0 Å². The van der Waals surface area contributed by atoms with Crippen LogP contribution in [0.1, 0.15) is 15.9 Å². The van der Waals surface area contributed by atoms with Crippen LogP contribution in [-0.4, -0.2) is 20.0 Å². The fraction of sp³-hybridized carbons (Fsp3) is 0.133. The smallest absolute Gasteiger partial charge is 0.198 e. The van der Waals surface area contributed by atoms with Crippen LogP contribution >= 0.6 is 11.6 Å². The van der Waals surface area contributed by atoms with Gasteiger partial charge in [-0.1, -0.05) is 23.7 Å². The van der Waals surface area contributed by atoms with E-state index < -0.39 is 0 Å². The lowest BCUT2D eigenvalue weighted by Crippen LogP contribution is -2.04. The Morgan fingerprint density at radius 3 is 2.37 bits per heavy atom. The second-order valence-electron chi connectivity index (χ2n) is 3.88. The van der Waals surface area contributed by atoms with E-state index in [4.69, 9.17) is 21.1 Å². The second kappa shape index (κ2) is 5.76. The first kappa shape index (κ1) is 13.4. The van der Waals surface area contributed by atoms with E-state index in [1.165, 1.54) is 7.11 Å². The van der Waals surface area contributed by atoms with Gasteiger partial charge in [-0.05, 0) is 24.3 Å². The van der Waals surface area contributed by atoms with Crippen LogP contribution in [0, 0.1) is 0 Å². The first-order valence-electron chi connectivity index (χ1n) is 5.68. The Morgan fingerprint density at radius 2 is 1.74 bits per heavy atom. The fourth-order valence-corrected chi connectivity index (χ4v) is 2.00. The highest BCUT2D eigenvalue weighted by Crippen LogP contribution is 2.28. The van der Waals surface area contributed by atoms with E-state index in [1.807, 2.05) is 0 Å². The molecule has 0 fully saturated rings. The summed E-state index contributed by atoms with van der Waals surface area (Å²) in [5.74, 6) is 0.918. The Hall–Kier alpha value is -2.00. The maximum atomic E-state index is 12.4. The topological polar surface area (TPSA) is 35.5 Å². The van der Waals surface area contributed by atoms with Gasteiger partial charge in [0.1, 0.15) is 11.5 Å². The van der Waals surface area contributed by atoms with Gasteiger partial charge in [0, 0.05) is 11.6 Å². The standard InChI is InChI=1S/C15H13ClO3/c1-18-10-7-8-12(14(9-10)19-2)15(17)11-5-3-4-6-13(11)16/h3-9H,1-2H3. The van der Waals surface area contributed by atoms with E-state index in [1.54, 1.807) is 49.6 Å². The maximum Gasteiger partial charge on any atom is 0.198 e. The molecule has 19 heavy (non-hydrogen) atoms. The summed E-state index contributed by atoms with van der Waals surface area (Å²) < 4.78 is 10.3. The molecule has 0 atom stereocenters. The van der Waals surface area contributed by atoms with Gasteiger partial charge in [-0.3, -0.25) is 4.79 Å². The van der Waals surface area contributed by atoms with E-state index in [0.29, 0.717) is 27.6 Å². The highest BCUT2D eigenvalue weighted by atomic mass is 35.5. The molecular formula is C15H13ClO3. The van der Waals surface area contributed by atoms with Crippen molar-refractivity contribution in [3.63, 3.8) is 0 Å². The van der Waals surface area contributed by atoms with Gasteiger partial charge in [-0.2, -0.15) is 0 Å². The van der Waals surface area contributed by atoms with Gasteiger partial charge in [0.05, 0.1) is 24.8 Å². The lowest BCUT2D eigenvalue weighted by atomic mass is 10.0. The maximum absolute atomic E-state index is 12.4. The quantitative estimate of drug-likeness (QED) is 0.801. The van der Waals surface area contributed by atoms with Crippen LogP contribution in [-0.2, 0) is 0 Å². The van der Waals surface area contributed by atoms with Crippen LogP contribution in [0.3, 0.4) is 0 Å². The molecule has 0 unspecified atom stereocenters. The zero-order valence-electron chi connectivity index (χ0n) is 10.6. The molecule has 0 heterocycles. The highest BCUT2D eigenvalue weighted by Gasteiger charge is 2.17. The van der Waals surface area contributed by atoms with Gasteiger partial charge in [0.15, 0.2) is 5.78 Å². The molecule has 0 N–H and O–H groups in total. The molecule has 0 saturated heterocycles. The van der Waals surface area contributed by atoms with Crippen molar-refractivity contribution in [1.82, 2.24) is 0 Å². The number of hydrogen-bond acceptors (Lipinski definition) is 3. The van der Waals surface area contributed by atoms with Gasteiger partial charge in [0.2, 0.25) is 0 Å². The van der Waals surface area contributed by atoms with E-state index in [9.17, 15) is 4.79 Å². The molecule has 0 aliphatic rings. The Kier molecular flexibility index (Phi) is 4.07. The van der Waals surface area contributed by atoms with Crippen LogP contribution in [0.15, 0.2) is 42.5 Å². The number of hydrogen-bond donors (Lipinski definition) is 0. The Labute approximate surface area is 116 Å². The number of benzene rings is 2. The van der Waals surface area contributed by atoms with Crippen molar-refractivity contribution in [2.45, 2.75) is 0 Å². The van der Waals surface area contributed by atoms with Gasteiger partial charge in [-0.15, -0.1) is 0 Å². The van der Waals surface area contributed by atoms with Gasteiger partial charge >= 0.3 is 0 Å². The van der Waals surface area contributed by atoms with E-state index >= 15 is 0 Å². The first-order chi connectivity index (χ1) is 9.17. The summed E-state index contributed by atoms with van der Waals surface area (Å²) in [5, 5.41) is 0.422. The average molecular weight is 277 g/mol. The molecule has 0 amide bonds. The molecule has 0 spiro atoms.